The molecule has 0 amide bonds. The van der Waals surface area contributed by atoms with Gasteiger partial charge >= 0.3 is 23.9 Å². The zero-order valence-corrected chi connectivity index (χ0v) is 23.5. The standard InChI is InChI=1S/C28H40N2O8/c1-25(2)11-15(12-26(3,4)29-25)37-23(35)19-9-18(22(33)34)20(10-17(19)21(31)32)24(36)38-16-13-27(5,6)30-28(7,8)14-16/h9-10,15-16,29-30H,11-14H2,1-8H3,(H,31,32)(H,33,34). The Bertz CT molecular complexity index is 1030. The number of nitrogens with one attached hydrogen (secondary N) is 2. The monoisotopic (exact) mass is 532 g/mol. The third-order valence-corrected chi connectivity index (χ3v) is 6.91. The summed E-state index contributed by atoms with van der Waals surface area (Å²) in [7, 11) is 0. The van der Waals surface area contributed by atoms with Crippen molar-refractivity contribution >= 4 is 23.9 Å². The molecule has 210 valence electrons. The van der Waals surface area contributed by atoms with Crippen molar-refractivity contribution in [2.24, 2.45) is 0 Å². The number of carbonyl (C=O) groups excluding carboxylic acids is 2. The van der Waals surface area contributed by atoms with Crippen LogP contribution in [0, 0.1) is 0 Å². The van der Waals surface area contributed by atoms with Gasteiger partial charge in [-0.3, -0.25) is 0 Å². The predicted molar refractivity (Wildman–Crippen MR) is 140 cm³/mol. The molecule has 2 heterocycles. The van der Waals surface area contributed by atoms with Crippen molar-refractivity contribution in [1.82, 2.24) is 10.6 Å². The van der Waals surface area contributed by atoms with Crippen LogP contribution in [0.4, 0.5) is 0 Å². The van der Waals surface area contributed by atoms with Crippen LogP contribution in [-0.4, -0.2) is 68.5 Å². The van der Waals surface area contributed by atoms with Crippen LogP contribution in [0.25, 0.3) is 0 Å². The maximum atomic E-state index is 13.2. The van der Waals surface area contributed by atoms with E-state index >= 15 is 0 Å². The smallest absolute Gasteiger partial charge is 0.339 e. The van der Waals surface area contributed by atoms with Crippen molar-refractivity contribution in [1.29, 1.82) is 0 Å². The molecule has 38 heavy (non-hydrogen) atoms. The van der Waals surface area contributed by atoms with Crippen molar-refractivity contribution < 1.29 is 38.9 Å². The third-order valence-electron chi connectivity index (χ3n) is 6.91. The molecule has 10 nitrogen and oxygen atoms in total. The molecule has 1 aromatic carbocycles. The van der Waals surface area contributed by atoms with Gasteiger partial charge in [-0.2, -0.15) is 0 Å². The fourth-order valence-electron chi connectivity index (χ4n) is 6.34. The fraction of sp³-hybridized carbons (Fsp3) is 0.643. The third kappa shape index (κ3) is 7.11. The molecule has 4 N–H and O–H groups in total. The number of aromatic carboxylic acids is 2. The van der Waals surface area contributed by atoms with Gasteiger partial charge in [0.1, 0.15) is 12.2 Å². The summed E-state index contributed by atoms with van der Waals surface area (Å²) < 4.78 is 11.4. The summed E-state index contributed by atoms with van der Waals surface area (Å²) in [5.74, 6) is -4.88. The second-order valence-corrected chi connectivity index (χ2v) is 13.2. The molecule has 2 saturated heterocycles. The van der Waals surface area contributed by atoms with Gasteiger partial charge < -0.3 is 30.3 Å². The van der Waals surface area contributed by atoms with Crippen LogP contribution < -0.4 is 10.6 Å². The molecule has 0 spiro atoms. The van der Waals surface area contributed by atoms with E-state index in [1.54, 1.807) is 0 Å². The zero-order valence-electron chi connectivity index (χ0n) is 23.5. The highest BCUT2D eigenvalue weighted by Crippen LogP contribution is 2.33. The van der Waals surface area contributed by atoms with E-state index in [1.165, 1.54) is 0 Å². The maximum absolute atomic E-state index is 13.2. The summed E-state index contributed by atoms with van der Waals surface area (Å²) >= 11 is 0. The van der Waals surface area contributed by atoms with Gasteiger partial charge in [0, 0.05) is 47.8 Å². The lowest BCUT2D eigenvalue weighted by Crippen LogP contribution is -2.59. The first-order valence-corrected chi connectivity index (χ1v) is 12.8. The van der Waals surface area contributed by atoms with E-state index in [-0.39, 0.29) is 22.2 Å². The Labute approximate surface area is 223 Å². The average molecular weight is 533 g/mol. The Morgan fingerprint density at radius 1 is 0.605 bits per heavy atom. The minimum atomic E-state index is -1.49. The molecule has 2 fully saturated rings. The van der Waals surface area contributed by atoms with Gasteiger partial charge in [0.2, 0.25) is 0 Å². The lowest BCUT2D eigenvalue weighted by molar-refractivity contribution is -0.00828. The van der Waals surface area contributed by atoms with E-state index in [0.717, 1.165) is 12.1 Å². The number of piperidine rings is 2. The highest BCUT2D eigenvalue weighted by Gasteiger charge is 2.41. The Hall–Kier alpha value is -2.98. The van der Waals surface area contributed by atoms with Crippen LogP contribution in [0.3, 0.4) is 0 Å². The highest BCUT2D eigenvalue weighted by atomic mass is 16.5. The van der Waals surface area contributed by atoms with Gasteiger partial charge in [-0.1, -0.05) is 0 Å². The lowest BCUT2D eigenvalue weighted by Gasteiger charge is -2.46. The van der Waals surface area contributed by atoms with Crippen molar-refractivity contribution in [2.75, 3.05) is 0 Å². The highest BCUT2D eigenvalue weighted by molar-refractivity contribution is 6.09. The van der Waals surface area contributed by atoms with Crippen LogP contribution in [0.15, 0.2) is 12.1 Å². The number of hydrogen-bond acceptors (Lipinski definition) is 8. The van der Waals surface area contributed by atoms with Crippen molar-refractivity contribution in [3.05, 3.63) is 34.4 Å². The molecule has 0 unspecified atom stereocenters. The summed E-state index contributed by atoms with van der Waals surface area (Å²) in [5.41, 5.74) is -3.23. The first-order chi connectivity index (χ1) is 17.2. The molecule has 0 bridgehead atoms. The Kier molecular flexibility index (Phi) is 7.75. The summed E-state index contributed by atoms with van der Waals surface area (Å²) in [6.45, 7) is 15.8. The van der Waals surface area contributed by atoms with Crippen molar-refractivity contribution in [3.8, 4) is 0 Å². The molecule has 2 aliphatic rings. The van der Waals surface area contributed by atoms with Crippen molar-refractivity contribution in [3.63, 3.8) is 0 Å². The minimum absolute atomic E-state index is 0.333. The number of rotatable bonds is 6. The number of carbonyl (C=O) groups is 4. The van der Waals surface area contributed by atoms with Crippen LogP contribution in [0.2, 0.25) is 0 Å². The van der Waals surface area contributed by atoms with E-state index in [9.17, 15) is 29.4 Å². The lowest BCUT2D eigenvalue weighted by atomic mass is 9.81. The topological polar surface area (TPSA) is 151 Å². The Morgan fingerprint density at radius 2 is 0.868 bits per heavy atom. The van der Waals surface area contributed by atoms with Crippen LogP contribution in [0.1, 0.15) is 123 Å². The minimum Gasteiger partial charge on any atom is -0.478 e. The molecule has 3 rings (SSSR count). The number of hydrogen-bond donors (Lipinski definition) is 4. The van der Waals surface area contributed by atoms with Gasteiger partial charge in [0.05, 0.1) is 22.3 Å². The summed E-state index contributed by atoms with van der Waals surface area (Å²) in [6, 6.07) is 1.80. The number of carboxylic acids is 2. The van der Waals surface area contributed by atoms with E-state index in [2.05, 4.69) is 10.6 Å². The normalized spacial score (nSPS) is 22.3. The number of benzene rings is 1. The molecular weight excluding hydrogens is 492 g/mol. The molecule has 0 saturated carbocycles. The molecule has 0 atom stereocenters. The molecule has 0 aliphatic carbocycles. The number of esters is 2. The Morgan fingerprint density at radius 3 is 1.11 bits per heavy atom. The molecule has 1 aromatic rings. The number of ether oxygens (including phenoxy) is 2. The van der Waals surface area contributed by atoms with Gasteiger partial charge in [0.15, 0.2) is 0 Å². The van der Waals surface area contributed by atoms with E-state index in [0.29, 0.717) is 25.7 Å². The second-order valence-electron chi connectivity index (χ2n) is 13.2. The van der Waals surface area contributed by atoms with Crippen LogP contribution >= 0.6 is 0 Å². The van der Waals surface area contributed by atoms with Crippen LogP contribution in [0.5, 0.6) is 0 Å². The van der Waals surface area contributed by atoms with E-state index in [4.69, 9.17) is 9.47 Å². The Balaban J connectivity index is 1.93. The maximum Gasteiger partial charge on any atom is 0.339 e. The number of carboxylic acid groups (broad SMARTS) is 2. The van der Waals surface area contributed by atoms with Gasteiger partial charge in [-0.25, -0.2) is 19.2 Å². The predicted octanol–water partition coefficient (Wildman–Crippen LogP) is 4.02. The van der Waals surface area contributed by atoms with Crippen LogP contribution in [-0.2, 0) is 9.47 Å². The molecule has 0 aromatic heterocycles. The summed E-state index contributed by atoms with van der Waals surface area (Å²) in [6.07, 6.45) is 0.931. The largest absolute Gasteiger partial charge is 0.478 e. The molecule has 2 aliphatic heterocycles. The zero-order chi connectivity index (χ0) is 28.8. The summed E-state index contributed by atoms with van der Waals surface area (Å²) in [4.78, 5) is 50.5. The van der Waals surface area contributed by atoms with E-state index < -0.39 is 58.3 Å². The molecule has 0 radical (unpaired) electrons. The van der Waals surface area contributed by atoms with Gasteiger partial charge in [-0.05, 0) is 67.5 Å². The van der Waals surface area contributed by atoms with E-state index in [1.807, 2.05) is 55.4 Å². The second kappa shape index (κ2) is 9.96. The molecule has 10 heteroatoms. The first-order valence-electron chi connectivity index (χ1n) is 12.8. The SMILES string of the molecule is CC1(C)CC(OC(=O)c2cc(C(=O)O)c(C(=O)OC3CC(C)(C)NC(C)(C)C3)cc2C(=O)O)CC(C)(C)N1. The first kappa shape index (κ1) is 29.6. The fourth-order valence-corrected chi connectivity index (χ4v) is 6.34. The van der Waals surface area contributed by atoms with Gasteiger partial charge in [-0.15, -0.1) is 0 Å². The van der Waals surface area contributed by atoms with Crippen molar-refractivity contribution in [2.45, 2.75) is 115 Å². The average Bonchev–Trinajstić information content (AvgIpc) is 2.67. The molecular formula is C28H40N2O8. The van der Waals surface area contributed by atoms with Gasteiger partial charge in [0.25, 0.3) is 0 Å². The quantitative estimate of drug-likeness (QED) is 0.395. The summed E-state index contributed by atoms with van der Waals surface area (Å²) in [5, 5.41) is 26.7.